The van der Waals surface area contributed by atoms with Gasteiger partial charge in [0.05, 0.1) is 25.4 Å². The maximum Gasteiger partial charge on any atom is 0.330 e. The minimum absolute atomic E-state index is 0.0957. The van der Waals surface area contributed by atoms with Gasteiger partial charge in [-0.1, -0.05) is 23.7 Å². The number of nitrogens with two attached hydrogens (primary N) is 1. The van der Waals surface area contributed by atoms with E-state index in [2.05, 4.69) is 11.9 Å². The third-order valence-electron chi connectivity index (χ3n) is 6.86. The van der Waals surface area contributed by atoms with E-state index < -0.39 is 29.6 Å². The lowest BCUT2D eigenvalue weighted by atomic mass is 10.1. The Morgan fingerprint density at radius 1 is 1.21 bits per heavy atom. The normalized spacial score (nSPS) is 21.8. The lowest BCUT2D eigenvalue weighted by molar-refractivity contribution is -0.764. The summed E-state index contributed by atoms with van der Waals surface area (Å²) in [7, 11) is 0. The van der Waals surface area contributed by atoms with Crippen molar-refractivity contribution in [2.24, 2.45) is 0 Å². The SMILES string of the molecule is CCCSc1nc(N)c2c(n1)[n+](C1CC(OCCO)CC1OC(C)(C)O)nn2-c1cc(F)c(F)cc1C1CC1. The van der Waals surface area contributed by atoms with Crippen molar-refractivity contribution in [3.05, 3.63) is 29.3 Å². The Hall–Kier alpha value is -2.45. The summed E-state index contributed by atoms with van der Waals surface area (Å²) in [5, 5.41) is 25.1. The fourth-order valence-electron chi connectivity index (χ4n) is 5.14. The van der Waals surface area contributed by atoms with Gasteiger partial charge in [0.25, 0.3) is 5.16 Å². The number of hydrogen-bond donors (Lipinski definition) is 3. The average molecular weight is 566 g/mol. The van der Waals surface area contributed by atoms with Gasteiger partial charge < -0.3 is 25.4 Å². The molecule has 212 valence electrons. The molecule has 0 bridgehead atoms. The Morgan fingerprint density at radius 3 is 2.62 bits per heavy atom. The van der Waals surface area contributed by atoms with Crippen LogP contribution in [0, 0.1) is 11.6 Å². The predicted octanol–water partition coefficient (Wildman–Crippen LogP) is 3.17. The highest BCUT2D eigenvalue weighted by Gasteiger charge is 2.45. The summed E-state index contributed by atoms with van der Waals surface area (Å²) in [4.78, 5) is 9.29. The van der Waals surface area contributed by atoms with Gasteiger partial charge >= 0.3 is 5.65 Å². The van der Waals surface area contributed by atoms with E-state index in [-0.39, 0.29) is 31.1 Å². The largest absolute Gasteiger partial charge is 0.394 e. The van der Waals surface area contributed by atoms with Crippen molar-refractivity contribution < 1.29 is 33.1 Å². The number of benzene rings is 1. The van der Waals surface area contributed by atoms with Gasteiger partial charge in [-0.05, 0) is 50.7 Å². The molecule has 0 aliphatic heterocycles. The number of rotatable bonds is 11. The maximum atomic E-state index is 14.6. The van der Waals surface area contributed by atoms with E-state index in [9.17, 15) is 19.0 Å². The summed E-state index contributed by atoms with van der Waals surface area (Å²) in [6, 6.07) is 1.94. The smallest absolute Gasteiger partial charge is 0.330 e. The zero-order valence-electron chi connectivity index (χ0n) is 22.3. The van der Waals surface area contributed by atoms with E-state index in [1.165, 1.54) is 22.5 Å². The molecule has 39 heavy (non-hydrogen) atoms. The highest BCUT2D eigenvalue weighted by molar-refractivity contribution is 7.99. The van der Waals surface area contributed by atoms with Gasteiger partial charge in [0.15, 0.2) is 23.2 Å². The number of aliphatic hydroxyl groups excluding tert-OH is 1. The summed E-state index contributed by atoms with van der Waals surface area (Å²) < 4.78 is 43.9. The van der Waals surface area contributed by atoms with Crippen LogP contribution in [-0.2, 0) is 9.47 Å². The molecule has 0 saturated heterocycles. The summed E-state index contributed by atoms with van der Waals surface area (Å²) >= 11 is 1.46. The van der Waals surface area contributed by atoms with Crippen molar-refractivity contribution in [1.82, 2.24) is 19.9 Å². The van der Waals surface area contributed by atoms with Gasteiger partial charge in [-0.15, -0.1) is 9.36 Å². The first-order valence-electron chi connectivity index (χ1n) is 13.3. The van der Waals surface area contributed by atoms with Gasteiger partial charge in [-0.25, -0.2) is 8.78 Å². The van der Waals surface area contributed by atoms with Crippen molar-refractivity contribution in [1.29, 1.82) is 0 Å². The van der Waals surface area contributed by atoms with Crippen LogP contribution in [-0.4, -0.2) is 67.0 Å². The first-order chi connectivity index (χ1) is 18.6. The number of fused-ring (bicyclic) bond motifs is 1. The summed E-state index contributed by atoms with van der Waals surface area (Å²) in [5.41, 5.74) is 8.32. The van der Waals surface area contributed by atoms with Crippen LogP contribution < -0.4 is 10.4 Å². The van der Waals surface area contributed by atoms with Crippen LogP contribution in [0.3, 0.4) is 0 Å². The molecular weight excluding hydrogens is 530 g/mol. The molecule has 0 spiro atoms. The van der Waals surface area contributed by atoms with E-state index in [0.29, 0.717) is 40.4 Å². The summed E-state index contributed by atoms with van der Waals surface area (Å²) in [6.07, 6.45) is 2.79. The Morgan fingerprint density at radius 2 is 1.95 bits per heavy atom. The molecule has 2 heterocycles. The molecule has 3 aromatic rings. The number of halogens is 2. The Bertz CT molecular complexity index is 1350. The molecule has 10 nitrogen and oxygen atoms in total. The van der Waals surface area contributed by atoms with E-state index in [4.69, 9.17) is 25.4 Å². The zero-order valence-corrected chi connectivity index (χ0v) is 23.1. The van der Waals surface area contributed by atoms with Crippen LogP contribution >= 0.6 is 11.8 Å². The fourth-order valence-corrected chi connectivity index (χ4v) is 5.84. The van der Waals surface area contributed by atoms with Crippen LogP contribution in [0.25, 0.3) is 16.9 Å². The molecule has 3 unspecified atom stereocenters. The molecule has 2 aromatic heterocycles. The second kappa shape index (κ2) is 11.2. The molecule has 2 fully saturated rings. The van der Waals surface area contributed by atoms with Crippen molar-refractivity contribution in [2.45, 2.75) is 88.0 Å². The minimum Gasteiger partial charge on any atom is -0.394 e. The second-order valence-electron chi connectivity index (χ2n) is 10.6. The third-order valence-corrected chi connectivity index (χ3v) is 7.92. The van der Waals surface area contributed by atoms with Gasteiger partial charge in [-0.2, -0.15) is 4.98 Å². The molecule has 13 heteroatoms. The minimum atomic E-state index is -1.43. The molecule has 3 atom stereocenters. The predicted molar refractivity (Wildman–Crippen MR) is 140 cm³/mol. The fraction of sp³-hybridized carbons (Fsp3) is 0.615. The quantitative estimate of drug-likeness (QED) is 0.139. The van der Waals surface area contributed by atoms with Crippen molar-refractivity contribution in [2.75, 3.05) is 24.7 Å². The standard InChI is InChI=1S/C26H35F2N6O4S/c1-4-9-39-25-30-23(29)22-24(31-25)34(20-10-15(37-8-7-35)11-21(20)38-26(2,3)36)32-33(22)19-13-18(28)17(27)12-16(19)14-5-6-14/h12-15,20-21,35-36H,4-11H2,1-3H3,(H2,29,30,31)/q+1. The molecular formula is C26H35F2N6O4S+. The van der Waals surface area contributed by atoms with Crippen LogP contribution in [0.2, 0.25) is 0 Å². The lowest BCUT2D eigenvalue weighted by Crippen LogP contribution is -2.49. The molecule has 0 radical (unpaired) electrons. The van der Waals surface area contributed by atoms with Crippen molar-refractivity contribution in [3.63, 3.8) is 0 Å². The number of hydrogen-bond acceptors (Lipinski definition) is 9. The van der Waals surface area contributed by atoms with Crippen molar-refractivity contribution in [3.8, 4) is 5.69 Å². The van der Waals surface area contributed by atoms with Gasteiger partial charge in [0.2, 0.25) is 5.52 Å². The molecule has 2 aliphatic carbocycles. The number of aromatic nitrogens is 5. The third kappa shape index (κ3) is 6.02. The van der Waals surface area contributed by atoms with Gasteiger partial charge in [0, 0.05) is 29.9 Å². The number of thioether (sulfide) groups is 1. The topological polar surface area (TPSA) is 132 Å². The molecule has 2 aliphatic rings. The Kier molecular flexibility index (Phi) is 8.07. The van der Waals surface area contributed by atoms with Gasteiger partial charge in [0.1, 0.15) is 11.7 Å². The van der Waals surface area contributed by atoms with E-state index in [0.717, 1.165) is 31.1 Å². The second-order valence-corrected chi connectivity index (χ2v) is 11.7. The molecule has 4 N–H and O–H groups in total. The molecule has 2 saturated carbocycles. The Labute approximate surface area is 229 Å². The monoisotopic (exact) mass is 565 g/mol. The van der Waals surface area contributed by atoms with Crippen LogP contribution in [0.5, 0.6) is 0 Å². The van der Waals surface area contributed by atoms with Crippen molar-refractivity contribution >= 4 is 28.7 Å². The highest BCUT2D eigenvalue weighted by Crippen LogP contribution is 2.44. The number of aliphatic hydroxyl groups is 2. The molecule has 5 rings (SSSR count). The van der Waals surface area contributed by atoms with E-state index in [1.54, 1.807) is 18.5 Å². The number of nitrogen functional groups attached to an aromatic ring is 1. The number of nitrogens with zero attached hydrogens (tertiary/aromatic N) is 5. The lowest BCUT2D eigenvalue weighted by Gasteiger charge is -2.25. The highest BCUT2D eigenvalue weighted by atomic mass is 32.2. The summed E-state index contributed by atoms with van der Waals surface area (Å²) in [6.45, 7) is 5.20. The zero-order chi connectivity index (χ0) is 27.9. The van der Waals surface area contributed by atoms with E-state index >= 15 is 0 Å². The Balaban J connectivity index is 1.69. The summed E-state index contributed by atoms with van der Waals surface area (Å²) in [5.74, 6) is -2.27. The van der Waals surface area contributed by atoms with E-state index in [1.807, 2.05) is 0 Å². The molecule has 1 aromatic carbocycles. The molecule has 0 amide bonds. The van der Waals surface area contributed by atoms with Gasteiger partial charge in [-0.3, -0.25) is 0 Å². The van der Waals surface area contributed by atoms with Crippen LogP contribution in [0.15, 0.2) is 17.3 Å². The van der Waals surface area contributed by atoms with Crippen LogP contribution in [0.1, 0.15) is 70.4 Å². The average Bonchev–Trinajstić information content (AvgIpc) is 3.54. The first-order valence-corrected chi connectivity index (χ1v) is 14.3. The van der Waals surface area contributed by atoms with Crippen LogP contribution in [0.4, 0.5) is 14.6 Å². The maximum absolute atomic E-state index is 14.6. The number of ether oxygens (including phenoxy) is 2. The first kappa shape index (κ1) is 28.1. The number of anilines is 1.